The number of allylic oxidation sites excluding steroid dienone is 2. The third-order valence-electron chi connectivity index (χ3n) is 2.41. The summed E-state index contributed by atoms with van der Waals surface area (Å²) in [7, 11) is 0. The third kappa shape index (κ3) is 2.23. The van der Waals surface area contributed by atoms with E-state index in [-0.39, 0.29) is 0 Å². The van der Waals surface area contributed by atoms with Gasteiger partial charge in [-0.15, -0.1) is 0 Å². The van der Waals surface area contributed by atoms with Crippen LogP contribution in [0.4, 0.5) is 0 Å². The Balaban J connectivity index is 2.94. The van der Waals surface area contributed by atoms with Crippen molar-refractivity contribution in [3.05, 3.63) is 28.6 Å². The quantitative estimate of drug-likeness (QED) is 0.745. The molecule has 1 rings (SSSR count). The van der Waals surface area contributed by atoms with E-state index in [4.69, 9.17) is 5.73 Å². The normalized spacial score (nSPS) is 10.4. The van der Waals surface area contributed by atoms with E-state index in [1.165, 1.54) is 16.8 Å². The molecule has 0 aliphatic carbocycles. The van der Waals surface area contributed by atoms with Gasteiger partial charge < -0.3 is 5.73 Å². The highest BCUT2D eigenvalue weighted by Gasteiger charge is 2.08. The number of hydrogen-bond donors (Lipinski definition) is 1. The summed E-state index contributed by atoms with van der Waals surface area (Å²) in [6.07, 6.45) is 2.17. The molecule has 3 nitrogen and oxygen atoms in total. The molecular formula is C11H19N3. The summed E-state index contributed by atoms with van der Waals surface area (Å²) in [5.74, 6) is 0. The highest BCUT2D eigenvalue weighted by molar-refractivity contribution is 5.24. The number of aryl methyl sites for hydroxylation is 1. The van der Waals surface area contributed by atoms with Crippen molar-refractivity contribution in [2.75, 3.05) is 0 Å². The van der Waals surface area contributed by atoms with Gasteiger partial charge in [-0.05, 0) is 27.7 Å². The van der Waals surface area contributed by atoms with Gasteiger partial charge in [0, 0.05) is 17.8 Å². The maximum absolute atomic E-state index is 5.65. The highest BCUT2D eigenvalue weighted by atomic mass is 15.3. The van der Waals surface area contributed by atoms with E-state index in [2.05, 4.69) is 31.9 Å². The van der Waals surface area contributed by atoms with Gasteiger partial charge in [0.2, 0.25) is 0 Å². The minimum absolute atomic E-state index is 0.576. The summed E-state index contributed by atoms with van der Waals surface area (Å²) in [5, 5.41) is 4.45. The summed E-state index contributed by atoms with van der Waals surface area (Å²) < 4.78 is 2.00. The molecule has 0 bridgehead atoms. The average Bonchev–Trinajstić information content (AvgIpc) is 2.38. The summed E-state index contributed by atoms with van der Waals surface area (Å²) in [4.78, 5) is 0. The van der Waals surface area contributed by atoms with Crippen molar-refractivity contribution in [1.82, 2.24) is 9.78 Å². The monoisotopic (exact) mass is 193 g/mol. The molecule has 78 valence electrons. The predicted molar refractivity (Wildman–Crippen MR) is 59.0 cm³/mol. The van der Waals surface area contributed by atoms with Gasteiger partial charge in [0.1, 0.15) is 0 Å². The van der Waals surface area contributed by atoms with Gasteiger partial charge in [-0.3, -0.25) is 4.68 Å². The first-order valence-corrected chi connectivity index (χ1v) is 4.92. The zero-order valence-corrected chi connectivity index (χ0v) is 9.46. The van der Waals surface area contributed by atoms with Crippen molar-refractivity contribution in [3.8, 4) is 0 Å². The number of nitrogens with zero attached hydrogens (tertiary/aromatic N) is 2. The Hall–Kier alpha value is -1.09. The Bertz CT molecular complexity index is 344. The SMILES string of the molecule is CC(C)=CCn1nc(C)c(CN)c1C. The molecule has 0 spiro atoms. The van der Waals surface area contributed by atoms with Gasteiger partial charge in [0.05, 0.1) is 12.2 Å². The van der Waals surface area contributed by atoms with E-state index in [0.29, 0.717) is 6.54 Å². The summed E-state index contributed by atoms with van der Waals surface area (Å²) in [5.41, 5.74) is 10.4. The van der Waals surface area contributed by atoms with Gasteiger partial charge in [0.25, 0.3) is 0 Å². The first-order chi connectivity index (χ1) is 6.56. The molecule has 0 aliphatic rings. The van der Waals surface area contributed by atoms with E-state index in [1.807, 2.05) is 11.6 Å². The molecule has 1 aromatic heterocycles. The molecule has 3 heteroatoms. The van der Waals surface area contributed by atoms with Crippen molar-refractivity contribution in [2.45, 2.75) is 40.8 Å². The van der Waals surface area contributed by atoms with Crippen LogP contribution in [0.25, 0.3) is 0 Å². The number of hydrogen-bond acceptors (Lipinski definition) is 2. The molecule has 0 atom stereocenters. The van der Waals surface area contributed by atoms with Crippen LogP contribution in [0.3, 0.4) is 0 Å². The van der Waals surface area contributed by atoms with E-state index in [9.17, 15) is 0 Å². The Morgan fingerprint density at radius 2 is 2.07 bits per heavy atom. The van der Waals surface area contributed by atoms with Crippen LogP contribution >= 0.6 is 0 Å². The molecule has 1 aromatic rings. The van der Waals surface area contributed by atoms with E-state index in [1.54, 1.807) is 0 Å². The lowest BCUT2D eigenvalue weighted by Crippen LogP contribution is -2.03. The fraction of sp³-hybridized carbons (Fsp3) is 0.545. The lowest BCUT2D eigenvalue weighted by Gasteiger charge is -2.01. The second kappa shape index (κ2) is 4.42. The summed E-state index contributed by atoms with van der Waals surface area (Å²) in [6, 6.07) is 0. The number of aromatic nitrogens is 2. The van der Waals surface area contributed by atoms with Crippen LogP contribution in [0.15, 0.2) is 11.6 Å². The molecular weight excluding hydrogens is 174 g/mol. The first-order valence-electron chi connectivity index (χ1n) is 4.92. The summed E-state index contributed by atoms with van der Waals surface area (Å²) >= 11 is 0. The van der Waals surface area contributed by atoms with E-state index >= 15 is 0 Å². The van der Waals surface area contributed by atoms with Gasteiger partial charge in [0.15, 0.2) is 0 Å². The lowest BCUT2D eigenvalue weighted by molar-refractivity contribution is 0.668. The lowest BCUT2D eigenvalue weighted by atomic mass is 10.2. The molecule has 0 saturated carbocycles. The fourth-order valence-corrected chi connectivity index (χ4v) is 1.48. The topological polar surface area (TPSA) is 43.8 Å². The Kier molecular flexibility index (Phi) is 3.47. The van der Waals surface area contributed by atoms with Crippen molar-refractivity contribution < 1.29 is 0 Å². The molecule has 0 aromatic carbocycles. The fourth-order valence-electron chi connectivity index (χ4n) is 1.48. The molecule has 0 saturated heterocycles. The molecule has 0 amide bonds. The van der Waals surface area contributed by atoms with Crippen LogP contribution in [0.5, 0.6) is 0 Å². The maximum atomic E-state index is 5.65. The Morgan fingerprint density at radius 3 is 2.50 bits per heavy atom. The van der Waals surface area contributed by atoms with Crippen LogP contribution < -0.4 is 5.73 Å². The van der Waals surface area contributed by atoms with Crippen molar-refractivity contribution in [1.29, 1.82) is 0 Å². The molecule has 1 heterocycles. The zero-order valence-electron chi connectivity index (χ0n) is 9.46. The molecule has 0 radical (unpaired) electrons. The van der Waals surface area contributed by atoms with Crippen molar-refractivity contribution in [2.24, 2.45) is 5.73 Å². The smallest absolute Gasteiger partial charge is 0.0641 e. The largest absolute Gasteiger partial charge is 0.326 e. The third-order valence-corrected chi connectivity index (χ3v) is 2.41. The highest BCUT2D eigenvalue weighted by Crippen LogP contribution is 2.12. The van der Waals surface area contributed by atoms with Gasteiger partial charge in [-0.25, -0.2) is 0 Å². The van der Waals surface area contributed by atoms with Crippen molar-refractivity contribution in [3.63, 3.8) is 0 Å². The van der Waals surface area contributed by atoms with Gasteiger partial charge >= 0.3 is 0 Å². The van der Waals surface area contributed by atoms with Crippen LogP contribution in [-0.2, 0) is 13.1 Å². The van der Waals surface area contributed by atoms with E-state index < -0.39 is 0 Å². The predicted octanol–water partition coefficient (Wildman–Crippen LogP) is 1.92. The van der Waals surface area contributed by atoms with Gasteiger partial charge in [-0.1, -0.05) is 11.6 Å². The average molecular weight is 193 g/mol. The molecule has 0 aliphatic heterocycles. The molecule has 0 fully saturated rings. The molecule has 14 heavy (non-hydrogen) atoms. The molecule has 2 N–H and O–H groups in total. The van der Waals surface area contributed by atoms with Crippen LogP contribution in [-0.4, -0.2) is 9.78 Å². The second-order valence-corrected chi connectivity index (χ2v) is 3.82. The molecule has 0 unspecified atom stereocenters. The minimum atomic E-state index is 0.576. The second-order valence-electron chi connectivity index (χ2n) is 3.82. The van der Waals surface area contributed by atoms with Crippen LogP contribution in [0.1, 0.15) is 30.8 Å². The number of rotatable bonds is 3. The minimum Gasteiger partial charge on any atom is -0.326 e. The zero-order chi connectivity index (χ0) is 10.7. The first kappa shape index (κ1) is 11.0. The number of nitrogens with two attached hydrogens (primary N) is 1. The van der Waals surface area contributed by atoms with Gasteiger partial charge in [-0.2, -0.15) is 5.10 Å². The maximum Gasteiger partial charge on any atom is 0.0641 e. The Labute approximate surface area is 85.6 Å². The van der Waals surface area contributed by atoms with Crippen LogP contribution in [0, 0.1) is 13.8 Å². The van der Waals surface area contributed by atoms with Crippen molar-refractivity contribution >= 4 is 0 Å². The van der Waals surface area contributed by atoms with Crippen LogP contribution in [0.2, 0.25) is 0 Å². The standard InChI is InChI=1S/C11H19N3/c1-8(2)5-6-14-10(4)11(7-12)9(3)13-14/h5H,6-7,12H2,1-4H3. The van der Waals surface area contributed by atoms with E-state index in [0.717, 1.165) is 12.2 Å². The Morgan fingerprint density at radius 1 is 1.43 bits per heavy atom. The summed E-state index contributed by atoms with van der Waals surface area (Å²) in [6.45, 7) is 9.68.